The van der Waals surface area contributed by atoms with Gasteiger partial charge in [0, 0.05) is 19.5 Å². The molecule has 1 rings (SSSR count). The number of nitrogens with zero attached hydrogens (tertiary/aromatic N) is 1. The van der Waals surface area contributed by atoms with Crippen LogP contribution < -0.4 is 15.8 Å². The van der Waals surface area contributed by atoms with Crippen LogP contribution in [0.25, 0.3) is 0 Å². The quantitative estimate of drug-likeness (QED) is 0.650. The number of benzene rings is 1. The van der Waals surface area contributed by atoms with E-state index in [0.717, 1.165) is 25.2 Å². The largest absolute Gasteiger partial charge is 0.489 e. The van der Waals surface area contributed by atoms with Crippen molar-refractivity contribution in [2.75, 3.05) is 31.9 Å². The summed E-state index contributed by atoms with van der Waals surface area (Å²) in [4.78, 5) is 14.2. The van der Waals surface area contributed by atoms with Crippen LogP contribution in [0, 0.1) is 0 Å². The predicted octanol–water partition coefficient (Wildman–Crippen LogP) is 2.45. The number of carbonyl (C=O) groups excluding carboxylic acids is 1. The summed E-state index contributed by atoms with van der Waals surface area (Å²) >= 11 is 0. The number of nitrogens with two attached hydrogens (primary N) is 1. The first-order valence-electron chi connectivity index (χ1n) is 8.50. The zero-order valence-electron chi connectivity index (χ0n) is 14.9. The van der Waals surface area contributed by atoms with E-state index >= 15 is 0 Å². The summed E-state index contributed by atoms with van der Waals surface area (Å²) in [6, 6.07) is 5.74. The van der Waals surface area contributed by atoms with Gasteiger partial charge in [-0.1, -0.05) is 19.9 Å². The van der Waals surface area contributed by atoms with E-state index in [9.17, 15) is 4.79 Å². The number of ether oxygens (including phenoxy) is 1. The SMILES string of the molecule is CCN(CC)CCNC(=O)CCc1ccc(OC(C)C)c(N)c1. The molecule has 3 N–H and O–H groups in total. The first kappa shape index (κ1) is 19.3. The number of amides is 1. The highest BCUT2D eigenvalue weighted by Crippen LogP contribution is 2.24. The van der Waals surface area contributed by atoms with Crippen LogP contribution >= 0.6 is 0 Å². The van der Waals surface area contributed by atoms with Gasteiger partial charge in [0.1, 0.15) is 5.75 Å². The van der Waals surface area contributed by atoms with Crippen LogP contribution in [0.5, 0.6) is 5.75 Å². The molecule has 0 atom stereocenters. The maximum absolute atomic E-state index is 11.9. The fourth-order valence-electron chi connectivity index (χ4n) is 2.35. The number of nitrogen functional groups attached to an aromatic ring is 1. The Morgan fingerprint density at radius 1 is 1.30 bits per heavy atom. The Balaban J connectivity index is 2.37. The first-order chi connectivity index (χ1) is 11.0. The van der Waals surface area contributed by atoms with Gasteiger partial charge in [0.05, 0.1) is 11.8 Å². The van der Waals surface area contributed by atoms with E-state index in [1.165, 1.54) is 0 Å². The summed E-state index contributed by atoms with van der Waals surface area (Å²) in [6.45, 7) is 11.8. The van der Waals surface area contributed by atoms with Crippen LogP contribution in [0.3, 0.4) is 0 Å². The van der Waals surface area contributed by atoms with Crippen molar-refractivity contribution in [3.8, 4) is 5.75 Å². The number of aryl methyl sites for hydroxylation is 1. The van der Waals surface area contributed by atoms with Crippen LogP contribution in [0.15, 0.2) is 18.2 Å². The number of anilines is 1. The normalized spacial score (nSPS) is 11.0. The van der Waals surface area contributed by atoms with Crippen molar-refractivity contribution in [1.29, 1.82) is 0 Å². The highest BCUT2D eigenvalue weighted by Gasteiger charge is 2.07. The molecule has 1 aromatic rings. The summed E-state index contributed by atoms with van der Waals surface area (Å²) in [5.74, 6) is 0.783. The van der Waals surface area contributed by atoms with Gasteiger partial charge in [0.15, 0.2) is 0 Å². The lowest BCUT2D eigenvalue weighted by Crippen LogP contribution is -2.34. The van der Waals surface area contributed by atoms with Crippen molar-refractivity contribution in [2.45, 2.75) is 46.6 Å². The second kappa shape index (κ2) is 10.1. The topological polar surface area (TPSA) is 67.6 Å². The van der Waals surface area contributed by atoms with E-state index in [4.69, 9.17) is 10.5 Å². The minimum absolute atomic E-state index is 0.0817. The molecule has 0 fully saturated rings. The molecule has 0 aliphatic rings. The van der Waals surface area contributed by atoms with Crippen molar-refractivity contribution in [1.82, 2.24) is 10.2 Å². The van der Waals surface area contributed by atoms with E-state index < -0.39 is 0 Å². The lowest BCUT2D eigenvalue weighted by molar-refractivity contribution is -0.121. The number of rotatable bonds is 10. The minimum Gasteiger partial charge on any atom is -0.489 e. The van der Waals surface area contributed by atoms with Gasteiger partial charge < -0.3 is 20.7 Å². The Kier molecular flexibility index (Phi) is 8.48. The number of carbonyl (C=O) groups is 1. The van der Waals surface area contributed by atoms with E-state index in [1.807, 2.05) is 32.0 Å². The smallest absolute Gasteiger partial charge is 0.220 e. The molecule has 5 nitrogen and oxygen atoms in total. The van der Waals surface area contributed by atoms with E-state index in [2.05, 4.69) is 24.1 Å². The van der Waals surface area contributed by atoms with Gasteiger partial charge in [-0.2, -0.15) is 0 Å². The Hall–Kier alpha value is -1.75. The Morgan fingerprint density at radius 2 is 2.00 bits per heavy atom. The van der Waals surface area contributed by atoms with Crippen LogP contribution in [-0.4, -0.2) is 43.1 Å². The minimum atomic E-state index is 0.0817. The summed E-state index contributed by atoms with van der Waals surface area (Å²) in [6.07, 6.45) is 1.26. The van der Waals surface area contributed by atoms with E-state index in [-0.39, 0.29) is 12.0 Å². The molecule has 0 unspecified atom stereocenters. The average Bonchev–Trinajstić information content (AvgIpc) is 2.51. The lowest BCUT2D eigenvalue weighted by atomic mass is 10.1. The van der Waals surface area contributed by atoms with Crippen LogP contribution in [0.2, 0.25) is 0 Å². The Morgan fingerprint density at radius 3 is 2.57 bits per heavy atom. The molecular formula is C18H31N3O2. The maximum Gasteiger partial charge on any atom is 0.220 e. The van der Waals surface area contributed by atoms with Gasteiger partial charge in [0.25, 0.3) is 0 Å². The molecule has 5 heteroatoms. The van der Waals surface area contributed by atoms with E-state index in [0.29, 0.717) is 30.8 Å². The van der Waals surface area contributed by atoms with Crippen molar-refractivity contribution < 1.29 is 9.53 Å². The third kappa shape index (κ3) is 7.37. The second-order valence-electron chi connectivity index (χ2n) is 5.92. The predicted molar refractivity (Wildman–Crippen MR) is 95.7 cm³/mol. The van der Waals surface area contributed by atoms with Crippen LogP contribution in [0.1, 0.15) is 39.7 Å². The molecule has 1 aromatic carbocycles. The molecule has 0 bridgehead atoms. The van der Waals surface area contributed by atoms with Gasteiger partial charge in [-0.15, -0.1) is 0 Å². The molecule has 23 heavy (non-hydrogen) atoms. The summed E-state index contributed by atoms with van der Waals surface area (Å²) in [5, 5.41) is 2.97. The number of likely N-dealkylation sites (N-methyl/N-ethyl adjacent to an activating group) is 1. The Bertz CT molecular complexity index is 485. The molecule has 0 spiro atoms. The summed E-state index contributed by atoms with van der Waals surface area (Å²) in [7, 11) is 0. The zero-order valence-corrected chi connectivity index (χ0v) is 14.9. The molecule has 0 heterocycles. The standard InChI is InChI=1S/C18H31N3O2/c1-5-21(6-2)12-11-20-18(22)10-8-15-7-9-17(16(19)13-15)23-14(3)4/h7,9,13-14H,5-6,8,10-12,19H2,1-4H3,(H,20,22). The zero-order chi connectivity index (χ0) is 17.2. The molecule has 130 valence electrons. The molecule has 0 saturated heterocycles. The van der Waals surface area contributed by atoms with Crippen molar-refractivity contribution >= 4 is 11.6 Å². The average molecular weight is 321 g/mol. The summed E-state index contributed by atoms with van der Waals surface area (Å²) < 4.78 is 5.61. The second-order valence-corrected chi connectivity index (χ2v) is 5.92. The molecule has 0 aromatic heterocycles. The number of hydrogen-bond acceptors (Lipinski definition) is 4. The van der Waals surface area contributed by atoms with Crippen LogP contribution in [-0.2, 0) is 11.2 Å². The fourth-order valence-corrected chi connectivity index (χ4v) is 2.35. The number of hydrogen-bond donors (Lipinski definition) is 2. The number of nitrogens with one attached hydrogen (secondary N) is 1. The molecule has 0 saturated carbocycles. The van der Waals surface area contributed by atoms with Crippen molar-refractivity contribution in [3.05, 3.63) is 23.8 Å². The maximum atomic E-state index is 11.9. The molecule has 1 amide bonds. The van der Waals surface area contributed by atoms with Crippen molar-refractivity contribution in [3.63, 3.8) is 0 Å². The third-order valence-corrected chi connectivity index (χ3v) is 3.72. The molecule has 0 aliphatic heterocycles. The third-order valence-electron chi connectivity index (χ3n) is 3.72. The fraction of sp³-hybridized carbons (Fsp3) is 0.611. The van der Waals surface area contributed by atoms with Gasteiger partial charge in [-0.3, -0.25) is 4.79 Å². The summed E-state index contributed by atoms with van der Waals surface area (Å²) in [5.41, 5.74) is 7.67. The first-order valence-corrected chi connectivity index (χ1v) is 8.50. The Labute approximate surface area is 140 Å². The monoisotopic (exact) mass is 321 g/mol. The van der Waals surface area contributed by atoms with E-state index in [1.54, 1.807) is 0 Å². The molecule has 0 aliphatic carbocycles. The van der Waals surface area contributed by atoms with Gasteiger partial charge in [0.2, 0.25) is 5.91 Å². The van der Waals surface area contributed by atoms with Crippen molar-refractivity contribution in [2.24, 2.45) is 0 Å². The van der Waals surface area contributed by atoms with Crippen LogP contribution in [0.4, 0.5) is 5.69 Å². The van der Waals surface area contributed by atoms with Gasteiger partial charge in [-0.05, 0) is 51.1 Å². The lowest BCUT2D eigenvalue weighted by Gasteiger charge is -2.18. The molecule has 0 radical (unpaired) electrons. The highest BCUT2D eigenvalue weighted by atomic mass is 16.5. The van der Waals surface area contributed by atoms with Gasteiger partial charge >= 0.3 is 0 Å². The van der Waals surface area contributed by atoms with Gasteiger partial charge in [-0.25, -0.2) is 0 Å². The highest BCUT2D eigenvalue weighted by molar-refractivity contribution is 5.76. The molecular weight excluding hydrogens is 290 g/mol.